The summed E-state index contributed by atoms with van der Waals surface area (Å²) in [5, 5.41) is 9.51. The number of benzene rings is 16. The van der Waals surface area contributed by atoms with Gasteiger partial charge in [-0.15, -0.1) is 0 Å². The first-order valence-electron chi connectivity index (χ1n) is 41.7. The molecule has 0 aliphatic rings. The summed E-state index contributed by atoms with van der Waals surface area (Å²) in [6, 6.07) is 145. The number of hydrogen-bond donors (Lipinski definition) is 0. The Balaban J connectivity index is 0.000000104. The van der Waals surface area contributed by atoms with E-state index in [9.17, 15) is 0 Å². The molecule has 0 aliphatic carbocycles. The summed E-state index contributed by atoms with van der Waals surface area (Å²) in [6.07, 6.45) is 1.95. The molecule has 128 heavy (non-hydrogen) atoms. The number of halogens is 4. The fourth-order valence-electron chi connectivity index (χ4n) is 16.8. The molecule has 24 rings (SSSR count). The molecule has 17 heteroatoms. The van der Waals surface area contributed by atoms with Crippen LogP contribution in [-0.2, 0) is 0 Å². The summed E-state index contributed by atoms with van der Waals surface area (Å²) in [6.45, 7) is 0. The smallest absolute Gasteiger partial charge is 0.238 e. The van der Waals surface area contributed by atoms with Crippen molar-refractivity contribution in [1.82, 2.24) is 63.1 Å². The highest BCUT2D eigenvalue weighted by molar-refractivity contribution is 9.11. The Morgan fingerprint density at radius 2 is 0.453 bits per heavy atom. The lowest BCUT2D eigenvalue weighted by Crippen LogP contribution is -2.06. The van der Waals surface area contributed by atoms with Crippen molar-refractivity contribution >= 4 is 151 Å². The zero-order valence-electron chi connectivity index (χ0n) is 68.3. The summed E-state index contributed by atoms with van der Waals surface area (Å²) in [7, 11) is 0. The average molecular weight is 1910 g/mol. The molecule has 16 aromatic carbocycles. The summed E-state index contributed by atoms with van der Waals surface area (Å²) >= 11 is 14.6. The van der Waals surface area contributed by atoms with Crippen LogP contribution < -0.4 is 0 Å². The lowest BCUT2D eigenvalue weighted by atomic mass is 10.1. The number of rotatable bonds is 12. The van der Waals surface area contributed by atoms with E-state index < -0.39 is 0 Å². The van der Waals surface area contributed by atoms with E-state index in [1.54, 1.807) is 0 Å². The molecule has 0 unspecified atom stereocenters. The van der Waals surface area contributed by atoms with E-state index >= 15 is 0 Å². The van der Waals surface area contributed by atoms with E-state index in [1.165, 1.54) is 32.3 Å². The van der Waals surface area contributed by atoms with Crippen LogP contribution in [0.25, 0.3) is 201 Å². The van der Waals surface area contributed by atoms with Gasteiger partial charge in [-0.05, 0) is 78.9 Å². The second-order valence-electron chi connectivity index (χ2n) is 30.6. The molecule has 8 aromatic heterocycles. The molecule has 0 spiro atoms. The molecule has 608 valence electrons. The largest absolute Gasteiger partial charge is 0.306 e. The van der Waals surface area contributed by atoms with Gasteiger partial charge < -0.3 is 4.57 Å². The van der Waals surface area contributed by atoms with Gasteiger partial charge in [-0.2, -0.15) is 9.97 Å². The Hall–Kier alpha value is -15.1. The SMILES string of the molecule is Brc1ccc2c3ccccc3n(-c3cc(-c4ccccc4)nc(-c4ccccc4)n3)c2c1.Brc1ccc2c3ccccc3n(-c3cnc(-c4ccccc4)nc3-c3ccccc3)c2c1.Brc1ccc2c3ccccc3n(-c3nc(-c4ccccc4)cc(-c4ccccc4)n3)c2c1.Brc1ccc2c3ccccc3n(-c3nc(-c4ccccc4)nc(-c4ccccc4)n3)c2c1. The van der Waals surface area contributed by atoms with E-state index in [0.717, 1.165) is 157 Å². The number of fused-ring (bicyclic) bond motifs is 12. The van der Waals surface area contributed by atoms with Crippen molar-refractivity contribution in [3.63, 3.8) is 0 Å². The lowest BCUT2D eigenvalue weighted by Gasteiger charge is -2.14. The quantitative estimate of drug-likeness (QED) is 0.117. The van der Waals surface area contributed by atoms with E-state index in [0.29, 0.717) is 29.4 Å². The van der Waals surface area contributed by atoms with E-state index in [1.807, 2.05) is 194 Å². The van der Waals surface area contributed by atoms with Gasteiger partial charge in [-0.1, -0.05) is 403 Å². The molecule has 0 atom stereocenters. The van der Waals surface area contributed by atoms with Crippen LogP contribution in [0.15, 0.2) is 449 Å². The van der Waals surface area contributed by atoms with Gasteiger partial charge in [0.15, 0.2) is 23.3 Å². The number of aromatic nitrogens is 13. The fraction of sp³-hybridized carbons (Fsp3) is 0. The van der Waals surface area contributed by atoms with Crippen molar-refractivity contribution in [3.05, 3.63) is 449 Å². The first-order chi connectivity index (χ1) is 63.1. The topological polar surface area (TPSA) is 136 Å². The molecule has 0 aliphatic heterocycles. The van der Waals surface area contributed by atoms with Gasteiger partial charge in [0, 0.05) is 112 Å². The van der Waals surface area contributed by atoms with Gasteiger partial charge >= 0.3 is 0 Å². The monoisotopic (exact) mass is 1900 g/mol. The van der Waals surface area contributed by atoms with Crippen molar-refractivity contribution in [2.45, 2.75) is 0 Å². The van der Waals surface area contributed by atoms with Gasteiger partial charge in [0.1, 0.15) is 5.82 Å². The van der Waals surface area contributed by atoms with Crippen LogP contribution in [-0.4, -0.2) is 63.1 Å². The predicted molar refractivity (Wildman–Crippen MR) is 538 cm³/mol. The van der Waals surface area contributed by atoms with E-state index in [4.69, 9.17) is 44.9 Å². The molecule has 0 saturated heterocycles. The highest BCUT2D eigenvalue weighted by Crippen LogP contribution is 2.42. The highest BCUT2D eigenvalue weighted by atomic mass is 79.9. The molecule has 0 N–H and O–H groups in total. The Labute approximate surface area is 770 Å². The van der Waals surface area contributed by atoms with Crippen LogP contribution in [0, 0.1) is 0 Å². The van der Waals surface area contributed by atoms with E-state index in [-0.39, 0.29) is 0 Å². The van der Waals surface area contributed by atoms with Gasteiger partial charge in [0.2, 0.25) is 11.9 Å². The summed E-state index contributed by atoms with van der Waals surface area (Å²) in [5.41, 5.74) is 21.5. The van der Waals surface area contributed by atoms with Gasteiger partial charge in [0.25, 0.3) is 0 Å². The minimum atomic E-state index is 0.599. The molecular formula is C111H71Br4N13. The first kappa shape index (κ1) is 80.0. The fourth-order valence-corrected chi connectivity index (χ4v) is 18.1. The standard InChI is InChI=1S/3C28H18BrN3.C27H17BrN4/c29-21-15-16-23-22-13-7-8-14-26(22)32(27(23)17-21)28-30-24(19-9-3-1-4-10-19)18-25(31-28)20-11-5-2-6-12-20;29-21-15-16-23-22-13-7-8-14-25(22)32(26(23)17-21)27-18-24(19-9-3-1-4-10-19)30-28(31-27)20-11-5-2-6-12-20;29-21-15-16-23-22-13-7-8-14-24(22)32(25(23)17-21)26-18-30-28(20-11-5-2-6-12-20)31-27(26)19-9-3-1-4-10-19;28-20-15-16-22-21-13-7-8-14-23(21)32(24(22)17-20)27-30-25(18-9-3-1-4-10-18)29-26(31-27)19-11-5-2-6-12-19/h3*1-18H;1-17H. The Kier molecular flexibility index (Phi) is 22.2. The second kappa shape index (κ2) is 35.5. The van der Waals surface area contributed by atoms with Crippen molar-refractivity contribution in [1.29, 1.82) is 0 Å². The van der Waals surface area contributed by atoms with Crippen molar-refractivity contribution in [2.24, 2.45) is 0 Å². The van der Waals surface area contributed by atoms with Gasteiger partial charge in [-0.3, -0.25) is 13.7 Å². The molecule has 0 amide bonds. The van der Waals surface area contributed by atoms with Crippen molar-refractivity contribution in [3.8, 4) is 114 Å². The van der Waals surface area contributed by atoms with Crippen LogP contribution >= 0.6 is 63.7 Å². The average Bonchev–Trinajstić information content (AvgIpc) is 1.60. The third-order valence-corrected chi connectivity index (χ3v) is 24.6. The number of para-hydroxylation sites is 4. The minimum absolute atomic E-state index is 0.599. The van der Waals surface area contributed by atoms with Crippen LogP contribution in [0.1, 0.15) is 0 Å². The molecular weight excluding hydrogens is 1830 g/mol. The zero-order valence-corrected chi connectivity index (χ0v) is 74.7. The van der Waals surface area contributed by atoms with Gasteiger partial charge in [0.05, 0.1) is 78.8 Å². The van der Waals surface area contributed by atoms with Crippen molar-refractivity contribution in [2.75, 3.05) is 0 Å². The Morgan fingerprint density at radius 1 is 0.180 bits per heavy atom. The van der Waals surface area contributed by atoms with Crippen LogP contribution in [0.4, 0.5) is 0 Å². The third kappa shape index (κ3) is 15.9. The molecule has 0 bridgehead atoms. The predicted octanol–water partition coefficient (Wildman–Crippen LogP) is 30.1. The van der Waals surface area contributed by atoms with E-state index in [2.05, 4.69) is 319 Å². The van der Waals surface area contributed by atoms with Crippen LogP contribution in [0.2, 0.25) is 0 Å². The molecule has 0 radical (unpaired) electrons. The summed E-state index contributed by atoms with van der Waals surface area (Å²) < 4.78 is 12.9. The van der Waals surface area contributed by atoms with Crippen molar-refractivity contribution < 1.29 is 0 Å². The first-order valence-corrected chi connectivity index (χ1v) is 44.9. The third-order valence-electron chi connectivity index (χ3n) is 22.6. The van der Waals surface area contributed by atoms with Gasteiger partial charge in [-0.25, -0.2) is 34.9 Å². The molecule has 0 saturated carbocycles. The molecule has 0 fully saturated rings. The normalized spacial score (nSPS) is 11.3. The molecule has 13 nitrogen and oxygen atoms in total. The summed E-state index contributed by atoms with van der Waals surface area (Å²) in [4.78, 5) is 44.6. The number of hydrogen-bond acceptors (Lipinski definition) is 9. The maximum atomic E-state index is 5.06. The highest BCUT2D eigenvalue weighted by Gasteiger charge is 2.24. The maximum Gasteiger partial charge on any atom is 0.238 e. The number of nitrogens with zero attached hydrogens (tertiary/aromatic N) is 13. The minimum Gasteiger partial charge on any atom is -0.306 e. The lowest BCUT2D eigenvalue weighted by molar-refractivity contribution is 0.953. The maximum absolute atomic E-state index is 5.06. The molecule has 24 aromatic rings. The van der Waals surface area contributed by atoms with Crippen LogP contribution in [0.3, 0.4) is 0 Å². The zero-order chi connectivity index (χ0) is 86.0. The summed E-state index contributed by atoms with van der Waals surface area (Å²) in [5.74, 6) is 4.84. The van der Waals surface area contributed by atoms with Crippen LogP contribution in [0.5, 0.6) is 0 Å². The Morgan fingerprint density at radius 3 is 0.828 bits per heavy atom. The second-order valence-corrected chi connectivity index (χ2v) is 34.2. The molecule has 8 heterocycles. The Bertz CT molecular complexity index is 7480.